The van der Waals surface area contributed by atoms with Gasteiger partial charge < -0.3 is 25.2 Å². The van der Waals surface area contributed by atoms with Crippen LogP contribution in [0.25, 0.3) is 33.6 Å². The van der Waals surface area contributed by atoms with Gasteiger partial charge in [-0.15, -0.1) is 0 Å². The summed E-state index contributed by atoms with van der Waals surface area (Å²) in [5.74, 6) is 1.28. The Labute approximate surface area is 297 Å². The Morgan fingerprint density at radius 2 is 1.45 bits per heavy atom. The minimum absolute atomic E-state index is 0.123. The number of halogens is 2. The Hall–Kier alpha value is -3.83. The summed E-state index contributed by atoms with van der Waals surface area (Å²) >= 11 is 14.1. The van der Waals surface area contributed by atoms with Crippen LogP contribution in [0.4, 0.5) is 0 Å². The number of hydrogen-bond donors (Lipinski definition) is 3. The number of methoxy groups -OCH3 is 2. The fraction of sp³-hybridized carbons (Fsp3) is 0.432. The van der Waals surface area contributed by atoms with Gasteiger partial charge >= 0.3 is 0 Å². The molecule has 49 heavy (non-hydrogen) atoms. The van der Waals surface area contributed by atoms with E-state index in [0.717, 1.165) is 48.9 Å². The van der Waals surface area contributed by atoms with Crippen molar-refractivity contribution in [2.75, 3.05) is 14.2 Å². The molecule has 1 atom stereocenters. The lowest BCUT2D eigenvalue weighted by Gasteiger charge is -2.42. The summed E-state index contributed by atoms with van der Waals surface area (Å²) in [6.45, 7) is 4.23. The molecule has 2 aromatic carbocycles. The number of nitrogens with one attached hydrogen (secondary N) is 2. The van der Waals surface area contributed by atoms with E-state index in [2.05, 4.69) is 20.6 Å². The first-order valence-corrected chi connectivity index (χ1v) is 17.4. The fourth-order valence-corrected chi connectivity index (χ4v) is 7.21. The van der Waals surface area contributed by atoms with Crippen LogP contribution in [0.5, 0.6) is 11.8 Å². The molecule has 4 aromatic rings. The minimum Gasteiger partial charge on any atom is -0.480 e. The number of aryl methyl sites for hydroxylation is 1. The highest BCUT2D eigenvalue weighted by atomic mass is 35.5. The van der Waals surface area contributed by atoms with E-state index in [1.165, 1.54) is 0 Å². The third-order valence-corrected chi connectivity index (χ3v) is 10.4. The molecule has 6 rings (SSSR count). The minimum atomic E-state index is -0.665. The largest absolute Gasteiger partial charge is 0.480 e. The maximum Gasteiger partial charge on any atom is 0.237 e. The van der Waals surface area contributed by atoms with E-state index in [9.17, 15) is 9.90 Å². The van der Waals surface area contributed by atoms with Crippen molar-refractivity contribution >= 4 is 29.1 Å². The molecule has 1 amide bonds. The van der Waals surface area contributed by atoms with E-state index in [-0.39, 0.29) is 17.9 Å². The van der Waals surface area contributed by atoms with Crippen LogP contribution < -0.4 is 20.1 Å². The summed E-state index contributed by atoms with van der Waals surface area (Å²) in [7, 11) is 3.16. The molecule has 3 heterocycles. The number of ether oxygens (including phenoxy) is 2. The number of aromatic nitrogens is 4. The first-order valence-electron chi connectivity index (χ1n) is 16.7. The molecule has 0 spiro atoms. The molecule has 0 unspecified atom stereocenters. The molecule has 258 valence electrons. The van der Waals surface area contributed by atoms with Crippen molar-refractivity contribution in [3.05, 3.63) is 70.2 Å². The van der Waals surface area contributed by atoms with Crippen molar-refractivity contribution in [3.63, 3.8) is 0 Å². The van der Waals surface area contributed by atoms with Crippen LogP contribution in [0.2, 0.25) is 10.0 Å². The summed E-state index contributed by atoms with van der Waals surface area (Å²) in [4.78, 5) is 30.4. The number of carbonyl (C=O) groups is 1. The third-order valence-electron chi connectivity index (χ3n) is 9.60. The second-order valence-corrected chi connectivity index (χ2v) is 14.1. The van der Waals surface area contributed by atoms with Gasteiger partial charge in [-0.3, -0.25) is 14.8 Å². The van der Waals surface area contributed by atoms with Gasteiger partial charge in [-0.1, -0.05) is 59.6 Å². The highest BCUT2D eigenvalue weighted by Gasteiger charge is 2.38. The summed E-state index contributed by atoms with van der Waals surface area (Å²) in [6, 6.07) is 12.0. The molecule has 1 aliphatic carbocycles. The average molecular weight is 706 g/mol. The topological polar surface area (TPSA) is 131 Å². The number of aliphatic hydroxyl groups is 1. The predicted molar refractivity (Wildman–Crippen MR) is 191 cm³/mol. The first kappa shape index (κ1) is 35.0. The lowest BCUT2D eigenvalue weighted by molar-refractivity contribution is -0.119. The second-order valence-electron chi connectivity index (χ2n) is 13.4. The SMILES string of the molecule is COc1nc(-c2cccc(-c3cccc(-c4cnc(CNC5CC(C(C)(C)O)C5)c(OC)n4)c3Cl)c2Cl)cnc1CCC[C@@H]1CCC(=O)N1. The van der Waals surface area contributed by atoms with Crippen LogP contribution in [0.1, 0.15) is 63.8 Å². The van der Waals surface area contributed by atoms with Gasteiger partial charge in [0.15, 0.2) is 0 Å². The number of nitrogens with zero attached hydrogens (tertiary/aromatic N) is 4. The van der Waals surface area contributed by atoms with Crippen LogP contribution >= 0.6 is 23.2 Å². The van der Waals surface area contributed by atoms with Crippen molar-refractivity contribution < 1.29 is 19.4 Å². The number of amides is 1. The normalized spacial score (nSPS) is 19.0. The Bertz CT molecular complexity index is 1830. The van der Waals surface area contributed by atoms with Crippen molar-refractivity contribution in [1.29, 1.82) is 0 Å². The smallest absolute Gasteiger partial charge is 0.237 e. The van der Waals surface area contributed by atoms with Crippen LogP contribution in [0.3, 0.4) is 0 Å². The fourth-order valence-electron chi connectivity index (χ4n) is 6.56. The number of carbonyl (C=O) groups excluding carboxylic acids is 1. The zero-order chi connectivity index (χ0) is 34.7. The lowest BCUT2D eigenvalue weighted by atomic mass is 9.71. The van der Waals surface area contributed by atoms with Crippen LogP contribution in [-0.4, -0.2) is 62.9 Å². The lowest BCUT2D eigenvalue weighted by Crippen LogP contribution is -2.49. The molecule has 1 saturated heterocycles. The maximum absolute atomic E-state index is 11.5. The van der Waals surface area contributed by atoms with Gasteiger partial charge in [0.1, 0.15) is 11.4 Å². The number of hydrogen-bond acceptors (Lipinski definition) is 9. The Morgan fingerprint density at radius 3 is 1.98 bits per heavy atom. The van der Waals surface area contributed by atoms with Gasteiger partial charge in [-0.2, -0.15) is 0 Å². The number of rotatable bonds is 13. The highest BCUT2D eigenvalue weighted by molar-refractivity contribution is 6.39. The zero-order valence-corrected chi connectivity index (χ0v) is 29.7. The molecule has 2 fully saturated rings. The molecular weight excluding hydrogens is 663 g/mol. The average Bonchev–Trinajstić information content (AvgIpc) is 3.48. The van der Waals surface area contributed by atoms with Crippen molar-refractivity contribution in [2.24, 2.45) is 5.92 Å². The summed E-state index contributed by atoms with van der Waals surface area (Å²) in [5, 5.41) is 17.7. The summed E-state index contributed by atoms with van der Waals surface area (Å²) in [6.07, 6.45) is 9.16. The zero-order valence-electron chi connectivity index (χ0n) is 28.2. The molecule has 2 aliphatic rings. The van der Waals surface area contributed by atoms with Gasteiger partial charge in [0.05, 0.1) is 53.6 Å². The number of benzene rings is 2. The molecule has 0 bridgehead atoms. The van der Waals surface area contributed by atoms with E-state index >= 15 is 0 Å². The Balaban J connectivity index is 1.19. The molecule has 3 N–H and O–H groups in total. The van der Waals surface area contributed by atoms with Gasteiger partial charge in [-0.05, 0) is 58.3 Å². The summed E-state index contributed by atoms with van der Waals surface area (Å²) in [5.41, 5.74) is 4.82. The second kappa shape index (κ2) is 15.0. The van der Waals surface area contributed by atoms with Gasteiger partial charge in [0.25, 0.3) is 0 Å². The van der Waals surface area contributed by atoms with E-state index < -0.39 is 5.60 Å². The van der Waals surface area contributed by atoms with Crippen LogP contribution in [0, 0.1) is 5.92 Å². The standard InChI is InChI=1S/C37H42Cl2N6O4/c1-37(2,47)21-16-23(17-21)40-20-31-36(49-4)45-30(19-42-31)27-12-7-10-25(34(27)39)24-9-6-11-26(33(24)38)29-18-41-28(35(44-29)48-3)13-5-8-22-14-15-32(46)43-22/h6-7,9-12,18-19,21-23,40,47H,5,8,13-17,20H2,1-4H3,(H,43,46)/t21?,22-,23?/m1/s1. The van der Waals surface area contributed by atoms with Crippen LogP contribution in [0.15, 0.2) is 48.8 Å². The Kier molecular flexibility index (Phi) is 10.7. The van der Waals surface area contributed by atoms with Crippen LogP contribution in [-0.2, 0) is 17.8 Å². The van der Waals surface area contributed by atoms with Gasteiger partial charge in [-0.25, -0.2) is 9.97 Å². The third kappa shape index (κ3) is 7.83. The van der Waals surface area contributed by atoms with Gasteiger partial charge in [0.2, 0.25) is 17.7 Å². The summed E-state index contributed by atoms with van der Waals surface area (Å²) < 4.78 is 11.2. The molecule has 10 nitrogen and oxygen atoms in total. The Morgan fingerprint density at radius 1 is 0.898 bits per heavy atom. The molecule has 0 radical (unpaired) electrons. The van der Waals surface area contributed by atoms with E-state index in [1.807, 2.05) is 50.2 Å². The maximum atomic E-state index is 11.5. The quantitative estimate of drug-likeness (QED) is 0.137. The van der Waals surface area contributed by atoms with Crippen molar-refractivity contribution in [3.8, 4) is 45.4 Å². The molecule has 1 aliphatic heterocycles. The first-order chi connectivity index (χ1) is 23.5. The van der Waals surface area contributed by atoms with E-state index in [0.29, 0.717) is 75.4 Å². The molecule has 12 heteroatoms. The van der Waals surface area contributed by atoms with E-state index in [4.69, 9.17) is 42.6 Å². The van der Waals surface area contributed by atoms with Crippen molar-refractivity contribution in [2.45, 2.75) is 83.0 Å². The van der Waals surface area contributed by atoms with Gasteiger partial charge in [0, 0.05) is 47.3 Å². The molecular formula is C37H42Cl2N6O4. The van der Waals surface area contributed by atoms with Crippen molar-refractivity contribution in [1.82, 2.24) is 30.6 Å². The highest BCUT2D eigenvalue weighted by Crippen LogP contribution is 2.42. The predicted octanol–water partition coefficient (Wildman–Crippen LogP) is 6.83. The monoisotopic (exact) mass is 704 g/mol. The molecule has 1 saturated carbocycles. The van der Waals surface area contributed by atoms with E-state index in [1.54, 1.807) is 26.6 Å². The molecule has 2 aromatic heterocycles.